The molecule has 0 fully saturated rings. The van der Waals surface area contributed by atoms with Crippen molar-refractivity contribution in [3.63, 3.8) is 0 Å². The Labute approximate surface area is 86.4 Å². The maximum atomic E-state index is 8.94. The molecule has 84 valence electrons. The van der Waals surface area contributed by atoms with Gasteiger partial charge in [0.25, 0.3) is 0 Å². The minimum Gasteiger partial charge on any atom is -0.394 e. The Morgan fingerprint density at radius 3 is 2.64 bits per heavy atom. The van der Waals surface area contributed by atoms with E-state index in [1.54, 1.807) is 0 Å². The van der Waals surface area contributed by atoms with Gasteiger partial charge in [0.15, 0.2) is 0 Å². The molecule has 3 nitrogen and oxygen atoms in total. The predicted octanol–water partition coefficient (Wildman–Crippen LogP) is 1.49. The average molecular weight is 202 g/mol. The van der Waals surface area contributed by atoms with Crippen molar-refractivity contribution < 1.29 is 14.9 Å². The molecule has 0 saturated carbocycles. The Balaban J connectivity index is 3.08. The van der Waals surface area contributed by atoms with Gasteiger partial charge in [-0.25, -0.2) is 0 Å². The monoisotopic (exact) mass is 202 g/mol. The quantitative estimate of drug-likeness (QED) is 0.440. The summed E-state index contributed by atoms with van der Waals surface area (Å²) >= 11 is 0. The van der Waals surface area contributed by atoms with E-state index >= 15 is 0 Å². The fraction of sp³-hybridized carbons (Fsp3) is 0.818. The smallest absolute Gasteiger partial charge is 0.100 e. The molecule has 0 rings (SSSR count). The molecule has 1 unspecified atom stereocenters. The summed E-state index contributed by atoms with van der Waals surface area (Å²) in [4.78, 5) is 0. The number of aliphatic hydroxyl groups excluding tert-OH is 2. The largest absolute Gasteiger partial charge is 0.394 e. The van der Waals surface area contributed by atoms with E-state index in [1.807, 2.05) is 0 Å². The highest BCUT2D eigenvalue weighted by molar-refractivity contribution is 4.81. The summed E-state index contributed by atoms with van der Waals surface area (Å²) in [5, 5.41) is 17.4. The van der Waals surface area contributed by atoms with Gasteiger partial charge in [0.2, 0.25) is 0 Å². The van der Waals surface area contributed by atoms with Crippen molar-refractivity contribution in [3.8, 4) is 0 Å². The van der Waals surface area contributed by atoms with Crippen LogP contribution in [0.4, 0.5) is 0 Å². The van der Waals surface area contributed by atoms with Crippen LogP contribution in [0.2, 0.25) is 0 Å². The first kappa shape index (κ1) is 13.6. The van der Waals surface area contributed by atoms with Crippen molar-refractivity contribution in [1.82, 2.24) is 0 Å². The van der Waals surface area contributed by atoms with Gasteiger partial charge in [-0.1, -0.05) is 31.9 Å². The summed E-state index contributed by atoms with van der Waals surface area (Å²) in [6.07, 6.45) is 8.00. The summed E-state index contributed by atoms with van der Waals surface area (Å²) in [6.45, 7) is 2.78. The van der Waals surface area contributed by atoms with Crippen LogP contribution in [0, 0.1) is 0 Å². The van der Waals surface area contributed by atoms with Gasteiger partial charge in [-0.2, -0.15) is 0 Å². The summed E-state index contributed by atoms with van der Waals surface area (Å²) in [5.74, 6) is 0. The van der Waals surface area contributed by atoms with E-state index < -0.39 is 6.10 Å². The van der Waals surface area contributed by atoms with Gasteiger partial charge in [0, 0.05) is 0 Å². The summed E-state index contributed by atoms with van der Waals surface area (Å²) in [6, 6.07) is 0. The van der Waals surface area contributed by atoms with Crippen LogP contribution in [0.5, 0.6) is 0 Å². The maximum Gasteiger partial charge on any atom is 0.100 e. The van der Waals surface area contributed by atoms with Crippen molar-refractivity contribution in [3.05, 3.63) is 12.2 Å². The Morgan fingerprint density at radius 1 is 1.29 bits per heavy atom. The van der Waals surface area contributed by atoms with E-state index in [0.717, 1.165) is 12.8 Å². The number of aliphatic hydroxyl groups is 2. The Hall–Kier alpha value is -0.380. The Morgan fingerprint density at radius 2 is 2.00 bits per heavy atom. The molecule has 0 aromatic carbocycles. The van der Waals surface area contributed by atoms with Gasteiger partial charge < -0.3 is 14.9 Å². The van der Waals surface area contributed by atoms with Crippen LogP contribution in [0.15, 0.2) is 12.2 Å². The molecule has 0 aromatic heterocycles. The molecule has 0 aliphatic heterocycles. The molecule has 14 heavy (non-hydrogen) atoms. The minimum atomic E-state index is -0.737. The van der Waals surface area contributed by atoms with Crippen molar-refractivity contribution in [2.24, 2.45) is 0 Å². The number of unbranched alkanes of at least 4 members (excludes halogenated alkanes) is 2. The maximum absolute atomic E-state index is 8.94. The average Bonchev–Trinajstić information content (AvgIpc) is 2.21. The van der Waals surface area contributed by atoms with Crippen LogP contribution >= 0.6 is 0 Å². The molecule has 2 N–H and O–H groups in total. The first-order valence-corrected chi connectivity index (χ1v) is 5.33. The third-order valence-electron chi connectivity index (χ3n) is 1.84. The Kier molecular flexibility index (Phi) is 10.4. The number of ether oxygens (including phenoxy) is 1. The number of allylic oxidation sites excluding steroid dienone is 1. The van der Waals surface area contributed by atoms with Gasteiger partial charge in [-0.15, -0.1) is 0 Å². The molecule has 0 radical (unpaired) electrons. The topological polar surface area (TPSA) is 49.7 Å². The van der Waals surface area contributed by atoms with Gasteiger partial charge in [-0.05, 0) is 12.8 Å². The molecule has 0 aliphatic carbocycles. The third-order valence-corrected chi connectivity index (χ3v) is 1.84. The van der Waals surface area contributed by atoms with Crippen LogP contribution in [0.3, 0.4) is 0 Å². The highest BCUT2D eigenvalue weighted by Crippen LogP contribution is 1.96. The van der Waals surface area contributed by atoms with Crippen molar-refractivity contribution in [2.75, 3.05) is 19.8 Å². The number of hydrogen-bond donors (Lipinski definition) is 2. The SMILES string of the molecule is CCCC/C=C/CCOCC(O)CO. The first-order valence-electron chi connectivity index (χ1n) is 5.33. The second kappa shape index (κ2) is 10.7. The molecule has 0 aromatic rings. The molecular weight excluding hydrogens is 180 g/mol. The zero-order valence-electron chi connectivity index (χ0n) is 8.98. The van der Waals surface area contributed by atoms with E-state index in [2.05, 4.69) is 19.1 Å². The lowest BCUT2D eigenvalue weighted by Gasteiger charge is -2.06. The Bertz CT molecular complexity index is 134. The van der Waals surface area contributed by atoms with E-state index in [1.165, 1.54) is 12.8 Å². The molecular formula is C11H22O3. The molecule has 1 atom stereocenters. The summed E-state index contributed by atoms with van der Waals surface area (Å²) < 4.78 is 5.13. The van der Waals surface area contributed by atoms with Crippen LogP contribution in [-0.2, 0) is 4.74 Å². The summed E-state index contributed by atoms with van der Waals surface area (Å²) in [5.41, 5.74) is 0. The summed E-state index contributed by atoms with van der Waals surface area (Å²) in [7, 11) is 0. The van der Waals surface area contributed by atoms with E-state index in [0.29, 0.717) is 6.61 Å². The molecule has 0 aliphatic rings. The molecule has 0 heterocycles. The minimum absolute atomic E-state index is 0.222. The van der Waals surface area contributed by atoms with Gasteiger partial charge in [-0.3, -0.25) is 0 Å². The number of rotatable bonds is 9. The standard InChI is InChI=1S/C11H22O3/c1-2-3-4-5-6-7-8-14-10-11(13)9-12/h5-6,11-13H,2-4,7-10H2,1H3/b6-5+. The highest BCUT2D eigenvalue weighted by atomic mass is 16.5. The zero-order valence-corrected chi connectivity index (χ0v) is 8.98. The zero-order chi connectivity index (χ0) is 10.6. The number of hydrogen-bond acceptors (Lipinski definition) is 3. The molecule has 3 heteroatoms. The van der Waals surface area contributed by atoms with E-state index in [9.17, 15) is 0 Å². The van der Waals surface area contributed by atoms with Crippen LogP contribution in [-0.4, -0.2) is 36.1 Å². The molecule has 0 saturated heterocycles. The second-order valence-electron chi connectivity index (χ2n) is 3.31. The fourth-order valence-electron chi connectivity index (χ4n) is 0.981. The fourth-order valence-corrected chi connectivity index (χ4v) is 0.981. The van der Waals surface area contributed by atoms with Crippen LogP contribution < -0.4 is 0 Å². The predicted molar refractivity (Wildman–Crippen MR) is 57.2 cm³/mol. The van der Waals surface area contributed by atoms with Crippen LogP contribution in [0.25, 0.3) is 0 Å². The van der Waals surface area contributed by atoms with Crippen LogP contribution in [0.1, 0.15) is 32.6 Å². The third kappa shape index (κ3) is 9.71. The normalized spacial score (nSPS) is 13.6. The van der Waals surface area contributed by atoms with Gasteiger partial charge in [0.05, 0.1) is 19.8 Å². The van der Waals surface area contributed by atoms with E-state index in [4.69, 9.17) is 14.9 Å². The van der Waals surface area contributed by atoms with E-state index in [-0.39, 0.29) is 13.2 Å². The van der Waals surface area contributed by atoms with Gasteiger partial charge >= 0.3 is 0 Å². The lowest BCUT2D eigenvalue weighted by atomic mass is 10.2. The first-order chi connectivity index (χ1) is 6.81. The lowest BCUT2D eigenvalue weighted by molar-refractivity contribution is 0.00767. The highest BCUT2D eigenvalue weighted by Gasteiger charge is 1.99. The molecule has 0 spiro atoms. The second-order valence-corrected chi connectivity index (χ2v) is 3.31. The lowest BCUT2D eigenvalue weighted by Crippen LogP contribution is -2.19. The van der Waals surface area contributed by atoms with Crippen molar-refractivity contribution in [2.45, 2.75) is 38.7 Å². The van der Waals surface area contributed by atoms with Crippen molar-refractivity contribution >= 4 is 0 Å². The van der Waals surface area contributed by atoms with Crippen molar-refractivity contribution in [1.29, 1.82) is 0 Å². The molecule has 0 bridgehead atoms. The van der Waals surface area contributed by atoms with Gasteiger partial charge in [0.1, 0.15) is 6.10 Å². The molecule has 0 amide bonds.